The fourth-order valence-electron chi connectivity index (χ4n) is 2.75. The molecule has 0 aliphatic carbocycles. The largest absolute Gasteiger partial charge is 0.366 e. The molecule has 0 atom stereocenters. The highest BCUT2D eigenvalue weighted by Gasteiger charge is 2.24. The first-order valence-electron chi connectivity index (χ1n) is 7.33. The summed E-state index contributed by atoms with van der Waals surface area (Å²) in [5.74, 6) is -0.261. The van der Waals surface area contributed by atoms with E-state index >= 15 is 0 Å². The second kappa shape index (κ2) is 6.67. The number of rotatable bonds is 3. The van der Waals surface area contributed by atoms with Crippen LogP contribution in [0.25, 0.3) is 6.08 Å². The molecule has 0 saturated carbocycles. The van der Waals surface area contributed by atoms with E-state index in [0.717, 1.165) is 25.9 Å². The molecule has 0 radical (unpaired) electrons. The molecule has 2 saturated heterocycles. The number of hydrogen-bond donors (Lipinski definition) is 1. The van der Waals surface area contributed by atoms with Gasteiger partial charge in [-0.25, -0.2) is 0 Å². The molecule has 6 nitrogen and oxygen atoms in total. The van der Waals surface area contributed by atoms with Gasteiger partial charge in [0.1, 0.15) is 10.0 Å². The predicted octanol–water partition coefficient (Wildman–Crippen LogP) is 3.07. The Morgan fingerprint density at radius 1 is 1.30 bits per heavy atom. The Kier molecular flexibility index (Phi) is 4.63. The van der Waals surface area contributed by atoms with Crippen molar-refractivity contribution in [2.45, 2.75) is 19.3 Å². The molecule has 1 N–H and O–H groups in total. The zero-order valence-corrected chi connectivity index (χ0v) is 13.9. The summed E-state index contributed by atoms with van der Waals surface area (Å²) < 4.78 is 0.403. The van der Waals surface area contributed by atoms with Crippen LogP contribution in [0.4, 0.5) is 11.4 Å². The van der Waals surface area contributed by atoms with Gasteiger partial charge in [-0.2, -0.15) is 0 Å². The summed E-state index contributed by atoms with van der Waals surface area (Å²) in [6.07, 6.45) is 4.90. The molecule has 8 heteroatoms. The number of nitro benzene ring substituents is 1. The molecule has 3 rings (SSSR count). The molecule has 1 amide bonds. The van der Waals surface area contributed by atoms with Gasteiger partial charge in [0.05, 0.1) is 9.83 Å². The summed E-state index contributed by atoms with van der Waals surface area (Å²) in [7, 11) is 0. The number of amides is 1. The fourth-order valence-corrected chi connectivity index (χ4v) is 3.80. The first-order valence-corrected chi connectivity index (χ1v) is 8.55. The summed E-state index contributed by atoms with van der Waals surface area (Å²) >= 11 is 6.10. The van der Waals surface area contributed by atoms with Crippen LogP contribution in [0.2, 0.25) is 0 Å². The molecule has 0 aromatic heterocycles. The Bertz CT molecular complexity index is 712. The molecule has 0 bridgehead atoms. The van der Waals surface area contributed by atoms with Gasteiger partial charge in [0.25, 0.3) is 11.6 Å². The van der Waals surface area contributed by atoms with Crippen LogP contribution in [-0.4, -0.2) is 28.2 Å². The monoisotopic (exact) mass is 349 g/mol. The third kappa shape index (κ3) is 3.53. The standard InChI is InChI=1S/C15H15N3O3S2/c19-14-13(23-15(22)16-14)9-10-4-5-11(12(8-10)18(20)21)17-6-2-1-3-7-17/h4-5,8-9H,1-3,6-7H2,(H,16,19,22)/b13-9-. The number of piperidine rings is 1. The minimum absolute atomic E-state index is 0.0761. The number of nitrogens with one attached hydrogen (secondary N) is 1. The lowest BCUT2D eigenvalue weighted by molar-refractivity contribution is -0.384. The van der Waals surface area contributed by atoms with Crippen LogP contribution in [0.3, 0.4) is 0 Å². The van der Waals surface area contributed by atoms with Crippen LogP contribution in [0.1, 0.15) is 24.8 Å². The van der Waals surface area contributed by atoms with E-state index in [9.17, 15) is 14.9 Å². The van der Waals surface area contributed by atoms with Crippen LogP contribution in [0, 0.1) is 10.1 Å². The van der Waals surface area contributed by atoms with Gasteiger partial charge in [-0.05, 0) is 37.0 Å². The van der Waals surface area contributed by atoms with E-state index in [1.54, 1.807) is 18.2 Å². The van der Waals surface area contributed by atoms with Gasteiger partial charge in [-0.1, -0.05) is 30.0 Å². The number of nitro groups is 1. The summed E-state index contributed by atoms with van der Waals surface area (Å²) in [5, 5.41) is 14.0. The lowest BCUT2D eigenvalue weighted by Gasteiger charge is -2.28. The number of thiocarbonyl (C=S) groups is 1. The van der Waals surface area contributed by atoms with Crippen molar-refractivity contribution >= 4 is 51.7 Å². The van der Waals surface area contributed by atoms with Gasteiger partial charge in [0.2, 0.25) is 0 Å². The van der Waals surface area contributed by atoms with Crippen LogP contribution in [0.5, 0.6) is 0 Å². The lowest BCUT2D eigenvalue weighted by atomic mass is 10.1. The average molecular weight is 349 g/mol. The number of thioether (sulfide) groups is 1. The number of anilines is 1. The van der Waals surface area contributed by atoms with Crippen molar-refractivity contribution in [1.82, 2.24) is 5.32 Å². The zero-order chi connectivity index (χ0) is 16.4. The Labute approximate surface area is 143 Å². The average Bonchev–Trinajstić information content (AvgIpc) is 2.85. The van der Waals surface area contributed by atoms with Crippen molar-refractivity contribution in [3.8, 4) is 0 Å². The number of hydrogen-bond acceptors (Lipinski definition) is 6. The van der Waals surface area contributed by atoms with Gasteiger partial charge in [-0.15, -0.1) is 0 Å². The maximum absolute atomic E-state index is 11.7. The quantitative estimate of drug-likeness (QED) is 0.391. The predicted molar refractivity (Wildman–Crippen MR) is 95.5 cm³/mol. The maximum Gasteiger partial charge on any atom is 0.293 e. The molecular weight excluding hydrogens is 334 g/mol. The van der Waals surface area contributed by atoms with Crippen molar-refractivity contribution in [3.63, 3.8) is 0 Å². The van der Waals surface area contributed by atoms with E-state index in [1.165, 1.54) is 24.2 Å². The second-order valence-corrected chi connectivity index (χ2v) is 7.12. The van der Waals surface area contributed by atoms with Crippen LogP contribution >= 0.6 is 24.0 Å². The van der Waals surface area contributed by atoms with Crippen LogP contribution < -0.4 is 10.2 Å². The summed E-state index contributed by atoms with van der Waals surface area (Å²) in [4.78, 5) is 25.3. The third-order valence-electron chi connectivity index (χ3n) is 3.83. The van der Waals surface area contributed by atoms with Gasteiger partial charge in [0.15, 0.2) is 0 Å². The topological polar surface area (TPSA) is 75.5 Å². The lowest BCUT2D eigenvalue weighted by Crippen LogP contribution is -2.29. The van der Waals surface area contributed by atoms with E-state index in [0.29, 0.717) is 20.5 Å². The van der Waals surface area contributed by atoms with Crippen LogP contribution in [0.15, 0.2) is 23.1 Å². The minimum atomic E-state index is -0.363. The smallest absolute Gasteiger partial charge is 0.293 e. The van der Waals surface area contributed by atoms with E-state index in [2.05, 4.69) is 10.2 Å². The molecule has 0 spiro atoms. The Hall–Kier alpha value is -1.93. The molecule has 0 unspecified atom stereocenters. The molecule has 120 valence electrons. The molecule has 2 aliphatic heterocycles. The molecule has 23 heavy (non-hydrogen) atoms. The molecule has 2 fully saturated rings. The molecule has 2 heterocycles. The van der Waals surface area contributed by atoms with Crippen molar-refractivity contribution in [1.29, 1.82) is 0 Å². The molecule has 1 aromatic carbocycles. The normalized spacial score (nSPS) is 20.0. The third-order valence-corrected chi connectivity index (χ3v) is 5.00. The van der Waals surface area contributed by atoms with E-state index in [4.69, 9.17) is 12.2 Å². The Morgan fingerprint density at radius 3 is 2.65 bits per heavy atom. The number of benzene rings is 1. The van der Waals surface area contributed by atoms with Crippen molar-refractivity contribution < 1.29 is 9.72 Å². The Balaban J connectivity index is 1.93. The summed E-state index contributed by atoms with van der Waals surface area (Å²) in [5.41, 5.74) is 1.35. The van der Waals surface area contributed by atoms with E-state index < -0.39 is 0 Å². The van der Waals surface area contributed by atoms with Crippen LogP contribution in [-0.2, 0) is 4.79 Å². The first-order chi connectivity index (χ1) is 11.0. The van der Waals surface area contributed by atoms with Gasteiger partial charge in [-0.3, -0.25) is 14.9 Å². The summed E-state index contributed by atoms with van der Waals surface area (Å²) in [6.45, 7) is 1.68. The highest BCUT2D eigenvalue weighted by molar-refractivity contribution is 8.26. The maximum atomic E-state index is 11.7. The van der Waals surface area contributed by atoms with Gasteiger partial charge in [0, 0.05) is 19.2 Å². The highest BCUT2D eigenvalue weighted by atomic mass is 32.2. The van der Waals surface area contributed by atoms with Crippen molar-refractivity contribution in [2.75, 3.05) is 18.0 Å². The van der Waals surface area contributed by atoms with E-state index in [1.807, 2.05) is 0 Å². The fraction of sp³-hybridized carbons (Fsp3) is 0.333. The summed E-state index contributed by atoms with van der Waals surface area (Å²) in [6, 6.07) is 5.09. The molecular formula is C15H15N3O3S2. The highest BCUT2D eigenvalue weighted by Crippen LogP contribution is 2.33. The zero-order valence-electron chi connectivity index (χ0n) is 12.3. The number of carbonyl (C=O) groups is 1. The van der Waals surface area contributed by atoms with E-state index in [-0.39, 0.29) is 16.5 Å². The van der Waals surface area contributed by atoms with Crippen molar-refractivity contribution in [2.24, 2.45) is 0 Å². The van der Waals surface area contributed by atoms with Crippen molar-refractivity contribution in [3.05, 3.63) is 38.8 Å². The second-order valence-electron chi connectivity index (χ2n) is 5.41. The van der Waals surface area contributed by atoms with Gasteiger partial charge < -0.3 is 10.2 Å². The SMILES string of the molecule is O=C1NC(=S)S/C1=C\c1ccc(N2CCCCC2)c([N+](=O)[O-])c1. The number of nitrogens with zero attached hydrogens (tertiary/aromatic N) is 2. The molecule has 2 aliphatic rings. The minimum Gasteiger partial charge on any atom is -0.366 e. The first kappa shape index (κ1) is 15.9. The van der Waals surface area contributed by atoms with Gasteiger partial charge >= 0.3 is 0 Å². The number of carbonyl (C=O) groups excluding carboxylic acids is 1. The Morgan fingerprint density at radius 2 is 2.04 bits per heavy atom. The molecule has 1 aromatic rings.